The van der Waals surface area contributed by atoms with E-state index in [4.69, 9.17) is 0 Å². The Kier molecular flexibility index (Phi) is 3.08. The van der Waals surface area contributed by atoms with Crippen LogP contribution >= 0.6 is 0 Å². The predicted molar refractivity (Wildman–Crippen MR) is 59.2 cm³/mol. The Morgan fingerprint density at radius 2 is 2.35 bits per heavy atom. The van der Waals surface area contributed by atoms with Gasteiger partial charge in [-0.15, -0.1) is 0 Å². The minimum Gasteiger partial charge on any atom is -0.388 e. The lowest BCUT2D eigenvalue weighted by molar-refractivity contribution is -0.387. The molecule has 5 nitrogen and oxygen atoms in total. The van der Waals surface area contributed by atoms with Gasteiger partial charge in [-0.05, 0) is 18.5 Å². The molecule has 1 aliphatic rings. The molecule has 0 spiro atoms. The van der Waals surface area contributed by atoms with Gasteiger partial charge in [-0.2, -0.15) is 4.39 Å². The Labute approximate surface area is 97.4 Å². The van der Waals surface area contributed by atoms with Crippen molar-refractivity contribution >= 4 is 5.69 Å². The van der Waals surface area contributed by atoms with Crippen molar-refractivity contribution < 1.29 is 14.4 Å². The Morgan fingerprint density at radius 3 is 2.94 bits per heavy atom. The number of nitrogens with one attached hydrogen (secondary N) is 1. The van der Waals surface area contributed by atoms with Gasteiger partial charge in [0.1, 0.15) is 0 Å². The second-order valence-corrected chi connectivity index (χ2v) is 4.34. The van der Waals surface area contributed by atoms with Crippen LogP contribution in [0.4, 0.5) is 10.1 Å². The summed E-state index contributed by atoms with van der Waals surface area (Å²) < 4.78 is 13.8. The van der Waals surface area contributed by atoms with E-state index in [-0.39, 0.29) is 12.0 Å². The summed E-state index contributed by atoms with van der Waals surface area (Å²) in [6.07, 6.45) is 0.614. The Bertz CT molecular complexity index is 444. The van der Waals surface area contributed by atoms with Crippen LogP contribution in [0.3, 0.4) is 0 Å². The highest BCUT2D eigenvalue weighted by Crippen LogP contribution is 2.26. The molecule has 1 aromatic carbocycles. The minimum absolute atomic E-state index is 0.0908. The van der Waals surface area contributed by atoms with Crippen molar-refractivity contribution in [2.45, 2.75) is 18.4 Å². The minimum atomic E-state index is -1.00. The summed E-state index contributed by atoms with van der Waals surface area (Å²) in [5.74, 6) is -0.849. The van der Waals surface area contributed by atoms with Crippen LogP contribution in [0.15, 0.2) is 18.2 Å². The van der Waals surface area contributed by atoms with Crippen LogP contribution in [-0.4, -0.2) is 28.7 Å². The zero-order chi connectivity index (χ0) is 12.5. The van der Waals surface area contributed by atoms with Gasteiger partial charge in [0.25, 0.3) is 0 Å². The van der Waals surface area contributed by atoms with E-state index in [1.807, 2.05) is 0 Å². The molecule has 0 amide bonds. The number of β-amino-alcohol motifs (C(OH)–C–C–N with tert-alkyl or cyclic N) is 1. The van der Waals surface area contributed by atoms with E-state index in [9.17, 15) is 19.6 Å². The molecule has 1 fully saturated rings. The van der Waals surface area contributed by atoms with E-state index in [0.29, 0.717) is 19.5 Å². The number of aliphatic hydroxyl groups is 1. The van der Waals surface area contributed by atoms with Crippen molar-refractivity contribution in [3.8, 4) is 0 Å². The molecule has 0 aliphatic carbocycles. The van der Waals surface area contributed by atoms with Crippen molar-refractivity contribution in [2.24, 2.45) is 0 Å². The fourth-order valence-corrected chi connectivity index (χ4v) is 2.08. The molecule has 92 valence electrons. The third kappa shape index (κ3) is 2.42. The number of nitrogens with zero attached hydrogens (tertiary/aromatic N) is 1. The fraction of sp³-hybridized carbons (Fsp3) is 0.455. The van der Waals surface area contributed by atoms with Crippen molar-refractivity contribution in [1.29, 1.82) is 0 Å². The van der Waals surface area contributed by atoms with Gasteiger partial charge in [0, 0.05) is 19.0 Å². The molecule has 0 aromatic heterocycles. The van der Waals surface area contributed by atoms with Crippen molar-refractivity contribution in [3.63, 3.8) is 0 Å². The SMILES string of the molecule is O=[N+]([O-])c1cccc(CC2(O)CCNC2)c1F. The smallest absolute Gasteiger partial charge is 0.305 e. The number of halogens is 1. The summed E-state index contributed by atoms with van der Waals surface area (Å²) in [4.78, 5) is 9.83. The van der Waals surface area contributed by atoms with E-state index in [2.05, 4.69) is 5.32 Å². The summed E-state index contributed by atoms with van der Waals surface area (Å²) in [6, 6.07) is 4.02. The average Bonchev–Trinajstić information content (AvgIpc) is 2.68. The van der Waals surface area contributed by atoms with Gasteiger partial charge < -0.3 is 10.4 Å². The number of benzene rings is 1. The molecule has 1 atom stereocenters. The van der Waals surface area contributed by atoms with Crippen LogP contribution in [-0.2, 0) is 6.42 Å². The van der Waals surface area contributed by atoms with Crippen LogP contribution < -0.4 is 5.32 Å². The first-order valence-corrected chi connectivity index (χ1v) is 5.37. The van der Waals surface area contributed by atoms with Crippen LogP contribution in [0.2, 0.25) is 0 Å². The van der Waals surface area contributed by atoms with Gasteiger partial charge in [0.15, 0.2) is 0 Å². The number of nitro benzene ring substituents is 1. The molecule has 2 N–H and O–H groups in total. The maximum Gasteiger partial charge on any atom is 0.305 e. The largest absolute Gasteiger partial charge is 0.388 e. The standard InChI is InChI=1S/C11H13FN2O3/c12-10-8(2-1-3-9(10)14(16)17)6-11(15)4-5-13-7-11/h1-3,13,15H,4-7H2. The zero-order valence-corrected chi connectivity index (χ0v) is 9.15. The monoisotopic (exact) mass is 240 g/mol. The van der Waals surface area contributed by atoms with E-state index >= 15 is 0 Å². The Balaban J connectivity index is 2.27. The van der Waals surface area contributed by atoms with E-state index in [0.717, 1.165) is 6.07 Å². The molecule has 0 bridgehead atoms. The highest BCUT2D eigenvalue weighted by atomic mass is 19.1. The molecule has 0 radical (unpaired) electrons. The van der Waals surface area contributed by atoms with Gasteiger partial charge >= 0.3 is 5.69 Å². The summed E-state index contributed by atoms with van der Waals surface area (Å²) >= 11 is 0. The fourth-order valence-electron chi connectivity index (χ4n) is 2.08. The summed E-state index contributed by atoms with van der Waals surface area (Å²) in [7, 11) is 0. The lowest BCUT2D eigenvalue weighted by Crippen LogP contribution is -2.34. The number of nitro groups is 1. The molecule has 1 heterocycles. The molecule has 6 heteroatoms. The van der Waals surface area contributed by atoms with Gasteiger partial charge in [-0.3, -0.25) is 10.1 Å². The van der Waals surface area contributed by atoms with Crippen molar-refractivity contribution in [1.82, 2.24) is 5.32 Å². The number of hydrogen-bond donors (Lipinski definition) is 2. The first kappa shape index (κ1) is 11.9. The second-order valence-electron chi connectivity index (χ2n) is 4.34. The normalized spacial score (nSPS) is 23.9. The highest BCUT2D eigenvalue weighted by molar-refractivity contribution is 5.37. The predicted octanol–water partition coefficient (Wildman–Crippen LogP) is 1.00. The van der Waals surface area contributed by atoms with Crippen LogP contribution in [0, 0.1) is 15.9 Å². The molecule has 1 unspecified atom stereocenters. The van der Waals surface area contributed by atoms with Crippen molar-refractivity contribution in [2.75, 3.05) is 13.1 Å². The number of hydrogen-bond acceptors (Lipinski definition) is 4. The van der Waals surface area contributed by atoms with Gasteiger partial charge in [0.2, 0.25) is 5.82 Å². The van der Waals surface area contributed by atoms with E-state index in [1.165, 1.54) is 12.1 Å². The molecule has 1 aromatic rings. The van der Waals surface area contributed by atoms with Gasteiger partial charge in [0.05, 0.1) is 10.5 Å². The van der Waals surface area contributed by atoms with Gasteiger partial charge in [-0.1, -0.05) is 12.1 Å². The lowest BCUT2D eigenvalue weighted by atomic mass is 9.93. The molecule has 0 saturated carbocycles. The lowest BCUT2D eigenvalue weighted by Gasteiger charge is -2.21. The van der Waals surface area contributed by atoms with Crippen LogP contribution in [0.25, 0.3) is 0 Å². The summed E-state index contributed by atoms with van der Waals surface area (Å²) in [5, 5.41) is 23.7. The van der Waals surface area contributed by atoms with Crippen LogP contribution in [0.5, 0.6) is 0 Å². The van der Waals surface area contributed by atoms with Crippen molar-refractivity contribution in [3.05, 3.63) is 39.7 Å². The molecular weight excluding hydrogens is 227 g/mol. The maximum atomic E-state index is 13.8. The van der Waals surface area contributed by atoms with E-state index in [1.54, 1.807) is 0 Å². The average molecular weight is 240 g/mol. The Morgan fingerprint density at radius 1 is 1.59 bits per heavy atom. The number of rotatable bonds is 3. The molecule has 1 saturated heterocycles. The van der Waals surface area contributed by atoms with Gasteiger partial charge in [-0.25, -0.2) is 0 Å². The first-order chi connectivity index (χ1) is 8.02. The first-order valence-electron chi connectivity index (χ1n) is 5.37. The third-order valence-corrected chi connectivity index (χ3v) is 3.00. The summed E-state index contributed by atoms with van der Waals surface area (Å²) in [5.41, 5.74) is -1.36. The zero-order valence-electron chi connectivity index (χ0n) is 9.15. The highest BCUT2D eigenvalue weighted by Gasteiger charge is 2.33. The molecule has 17 heavy (non-hydrogen) atoms. The molecular formula is C11H13FN2O3. The molecule has 1 aliphatic heterocycles. The summed E-state index contributed by atoms with van der Waals surface area (Å²) in [6.45, 7) is 1.06. The topological polar surface area (TPSA) is 75.4 Å². The molecule has 2 rings (SSSR count). The van der Waals surface area contributed by atoms with E-state index < -0.39 is 22.0 Å². The third-order valence-electron chi connectivity index (χ3n) is 3.00. The van der Waals surface area contributed by atoms with Crippen LogP contribution in [0.1, 0.15) is 12.0 Å². The Hall–Kier alpha value is -1.53. The quantitative estimate of drug-likeness (QED) is 0.610. The second kappa shape index (κ2) is 4.38. The maximum absolute atomic E-state index is 13.8.